The SMILES string of the molecule is CCN1CCC[C@@H](Cn2cc(C=O)nn2)C1. The summed E-state index contributed by atoms with van der Waals surface area (Å²) in [6.07, 6.45) is 4.96. The molecule has 1 aliphatic heterocycles. The number of carbonyl (C=O) groups is 1. The fourth-order valence-electron chi connectivity index (χ4n) is 2.31. The number of aromatic nitrogens is 3. The van der Waals surface area contributed by atoms with Crippen LogP contribution < -0.4 is 0 Å². The molecule has 2 heterocycles. The van der Waals surface area contributed by atoms with E-state index < -0.39 is 0 Å². The van der Waals surface area contributed by atoms with Crippen LogP contribution in [-0.2, 0) is 6.54 Å². The van der Waals surface area contributed by atoms with Crippen molar-refractivity contribution in [2.75, 3.05) is 19.6 Å². The number of piperidine rings is 1. The molecule has 1 fully saturated rings. The molecule has 0 N–H and O–H groups in total. The van der Waals surface area contributed by atoms with Gasteiger partial charge in [-0.2, -0.15) is 0 Å². The smallest absolute Gasteiger partial charge is 0.171 e. The number of likely N-dealkylation sites (tertiary alicyclic amines) is 1. The van der Waals surface area contributed by atoms with Crippen molar-refractivity contribution < 1.29 is 4.79 Å². The minimum atomic E-state index is 0.420. The molecule has 5 heteroatoms. The highest BCUT2D eigenvalue weighted by Crippen LogP contribution is 2.17. The van der Waals surface area contributed by atoms with Gasteiger partial charge in [0.2, 0.25) is 0 Å². The van der Waals surface area contributed by atoms with Crippen LogP contribution in [0, 0.1) is 5.92 Å². The summed E-state index contributed by atoms with van der Waals surface area (Å²) in [6.45, 7) is 6.53. The van der Waals surface area contributed by atoms with Gasteiger partial charge in [-0.25, -0.2) is 0 Å². The molecule has 0 radical (unpaired) electrons. The zero-order valence-corrected chi connectivity index (χ0v) is 9.67. The monoisotopic (exact) mass is 222 g/mol. The van der Waals surface area contributed by atoms with Gasteiger partial charge in [0, 0.05) is 13.1 Å². The molecule has 0 bridgehead atoms. The molecule has 5 nitrogen and oxygen atoms in total. The quantitative estimate of drug-likeness (QED) is 0.708. The van der Waals surface area contributed by atoms with Gasteiger partial charge in [0.1, 0.15) is 5.69 Å². The predicted octanol–water partition coefficient (Wildman–Crippen LogP) is 0.822. The van der Waals surface area contributed by atoms with Gasteiger partial charge in [0.25, 0.3) is 0 Å². The summed E-state index contributed by atoms with van der Waals surface area (Å²) in [5.74, 6) is 0.634. The Morgan fingerprint density at radius 1 is 1.62 bits per heavy atom. The van der Waals surface area contributed by atoms with Crippen molar-refractivity contribution in [2.24, 2.45) is 5.92 Å². The maximum Gasteiger partial charge on any atom is 0.171 e. The lowest BCUT2D eigenvalue weighted by molar-refractivity contribution is 0.111. The summed E-state index contributed by atoms with van der Waals surface area (Å²) >= 11 is 0. The lowest BCUT2D eigenvalue weighted by atomic mass is 9.98. The van der Waals surface area contributed by atoms with Gasteiger partial charge in [-0.15, -0.1) is 5.10 Å². The number of rotatable bonds is 4. The Morgan fingerprint density at radius 2 is 2.50 bits per heavy atom. The summed E-state index contributed by atoms with van der Waals surface area (Å²) in [7, 11) is 0. The van der Waals surface area contributed by atoms with Crippen molar-refractivity contribution in [3.63, 3.8) is 0 Å². The Hall–Kier alpha value is -1.23. The molecule has 0 saturated carbocycles. The Labute approximate surface area is 95.4 Å². The summed E-state index contributed by atoms with van der Waals surface area (Å²) < 4.78 is 1.79. The molecule has 16 heavy (non-hydrogen) atoms. The van der Waals surface area contributed by atoms with Gasteiger partial charge < -0.3 is 4.90 Å². The van der Waals surface area contributed by atoms with Gasteiger partial charge in [-0.05, 0) is 31.8 Å². The van der Waals surface area contributed by atoms with E-state index >= 15 is 0 Å². The molecule has 1 aromatic heterocycles. The number of carbonyl (C=O) groups excluding carboxylic acids is 1. The molecule has 1 aliphatic rings. The molecule has 0 aliphatic carbocycles. The van der Waals surface area contributed by atoms with Crippen LogP contribution in [0.25, 0.3) is 0 Å². The number of nitrogens with zero attached hydrogens (tertiary/aromatic N) is 4. The van der Waals surface area contributed by atoms with Crippen molar-refractivity contribution in [1.82, 2.24) is 19.9 Å². The first-order valence-corrected chi connectivity index (χ1v) is 5.89. The maximum absolute atomic E-state index is 10.5. The van der Waals surface area contributed by atoms with E-state index in [0.29, 0.717) is 11.6 Å². The minimum Gasteiger partial charge on any atom is -0.303 e. The summed E-state index contributed by atoms with van der Waals surface area (Å²) in [5, 5.41) is 7.72. The molecule has 1 saturated heterocycles. The Morgan fingerprint density at radius 3 is 3.19 bits per heavy atom. The molecule has 88 valence electrons. The summed E-state index contributed by atoms with van der Waals surface area (Å²) in [5.41, 5.74) is 0.420. The van der Waals surface area contributed by atoms with Gasteiger partial charge >= 0.3 is 0 Å². The zero-order chi connectivity index (χ0) is 11.4. The van der Waals surface area contributed by atoms with E-state index in [0.717, 1.165) is 25.9 Å². The zero-order valence-electron chi connectivity index (χ0n) is 9.67. The first-order chi connectivity index (χ1) is 7.81. The van der Waals surface area contributed by atoms with Crippen molar-refractivity contribution >= 4 is 6.29 Å². The Balaban J connectivity index is 1.91. The number of hydrogen-bond donors (Lipinski definition) is 0. The van der Waals surface area contributed by atoms with Crippen LogP contribution in [-0.4, -0.2) is 45.8 Å². The average Bonchev–Trinajstić information content (AvgIpc) is 2.77. The summed E-state index contributed by atoms with van der Waals surface area (Å²) in [6, 6.07) is 0. The molecule has 0 spiro atoms. The van der Waals surface area contributed by atoms with E-state index in [1.807, 2.05) is 0 Å². The van der Waals surface area contributed by atoms with Gasteiger partial charge in [0.05, 0.1) is 6.20 Å². The van der Waals surface area contributed by atoms with Crippen molar-refractivity contribution in [2.45, 2.75) is 26.3 Å². The van der Waals surface area contributed by atoms with Crippen molar-refractivity contribution in [1.29, 1.82) is 0 Å². The fourth-order valence-corrected chi connectivity index (χ4v) is 2.31. The normalized spacial score (nSPS) is 22.2. The molecular formula is C11H18N4O. The van der Waals surface area contributed by atoms with Gasteiger partial charge in [-0.1, -0.05) is 12.1 Å². The van der Waals surface area contributed by atoms with Crippen molar-refractivity contribution in [3.8, 4) is 0 Å². The van der Waals surface area contributed by atoms with Crippen LogP contribution in [0.5, 0.6) is 0 Å². The van der Waals surface area contributed by atoms with E-state index in [9.17, 15) is 4.79 Å². The first-order valence-electron chi connectivity index (χ1n) is 5.89. The van der Waals surface area contributed by atoms with Crippen LogP contribution in [0.2, 0.25) is 0 Å². The summed E-state index contributed by atoms with van der Waals surface area (Å²) in [4.78, 5) is 13.0. The van der Waals surface area contributed by atoms with Gasteiger partial charge in [0.15, 0.2) is 6.29 Å². The van der Waals surface area contributed by atoms with Crippen LogP contribution in [0.4, 0.5) is 0 Å². The second kappa shape index (κ2) is 5.21. The highest BCUT2D eigenvalue weighted by Gasteiger charge is 2.19. The van der Waals surface area contributed by atoms with E-state index in [1.54, 1.807) is 10.9 Å². The van der Waals surface area contributed by atoms with Crippen LogP contribution >= 0.6 is 0 Å². The number of aldehydes is 1. The third kappa shape index (κ3) is 2.66. The third-order valence-corrected chi connectivity index (χ3v) is 3.17. The third-order valence-electron chi connectivity index (χ3n) is 3.17. The number of hydrogen-bond acceptors (Lipinski definition) is 4. The molecule has 0 aromatic carbocycles. The standard InChI is InChI=1S/C11H18N4O/c1-2-14-5-3-4-10(6-14)7-15-8-11(9-16)12-13-15/h8-10H,2-7H2,1H3/t10-/m1/s1. The molecular weight excluding hydrogens is 204 g/mol. The minimum absolute atomic E-state index is 0.420. The van der Waals surface area contributed by atoms with Gasteiger partial charge in [-0.3, -0.25) is 9.48 Å². The van der Waals surface area contributed by atoms with E-state index in [4.69, 9.17) is 0 Å². The van der Waals surface area contributed by atoms with E-state index in [1.165, 1.54) is 19.4 Å². The highest BCUT2D eigenvalue weighted by atomic mass is 16.1. The first kappa shape index (κ1) is 11.3. The van der Waals surface area contributed by atoms with E-state index in [-0.39, 0.29) is 0 Å². The lowest BCUT2D eigenvalue weighted by Crippen LogP contribution is -2.36. The maximum atomic E-state index is 10.5. The molecule has 1 aromatic rings. The largest absolute Gasteiger partial charge is 0.303 e. The second-order valence-corrected chi connectivity index (χ2v) is 4.38. The van der Waals surface area contributed by atoms with Crippen molar-refractivity contribution in [3.05, 3.63) is 11.9 Å². The van der Waals surface area contributed by atoms with E-state index in [2.05, 4.69) is 22.1 Å². The van der Waals surface area contributed by atoms with Crippen LogP contribution in [0.1, 0.15) is 30.3 Å². The predicted molar refractivity (Wildman–Crippen MR) is 60.2 cm³/mol. The van der Waals surface area contributed by atoms with Crippen LogP contribution in [0.15, 0.2) is 6.20 Å². The molecule has 0 amide bonds. The lowest BCUT2D eigenvalue weighted by Gasteiger charge is -2.31. The Kier molecular flexibility index (Phi) is 3.66. The molecule has 0 unspecified atom stereocenters. The topological polar surface area (TPSA) is 51.0 Å². The highest BCUT2D eigenvalue weighted by molar-refractivity contribution is 5.70. The second-order valence-electron chi connectivity index (χ2n) is 4.38. The fraction of sp³-hybridized carbons (Fsp3) is 0.727. The molecule has 2 rings (SSSR count). The molecule has 1 atom stereocenters. The van der Waals surface area contributed by atoms with Crippen LogP contribution in [0.3, 0.4) is 0 Å². The Bertz CT molecular complexity index is 350. The average molecular weight is 222 g/mol.